The molecule has 2 unspecified atom stereocenters. The van der Waals surface area contributed by atoms with E-state index in [0.29, 0.717) is 5.92 Å². The van der Waals surface area contributed by atoms with Crippen LogP contribution in [0.15, 0.2) is 133 Å². The molecule has 0 aliphatic carbocycles. The molecule has 0 N–H and O–H groups in total. The number of hydrogen-bond acceptors (Lipinski definition) is 1. The third kappa shape index (κ3) is 4.10. The van der Waals surface area contributed by atoms with Crippen LogP contribution < -0.4 is 0 Å². The standard InChI is InChI=1S/C37H30O/c1-3-11-26(12-4-1)29-20-21-31(34-17-8-7-15-32(29)34)28-19-24-37(38-25-28)36-23-22-30(27-13-5-2-6-14-27)33-16-9-10-18-35(33)36/h1-18,20-23,28,37H,19,24-25H2. The lowest BCUT2D eigenvalue weighted by Crippen LogP contribution is -2.20. The smallest absolute Gasteiger partial charge is 0.0831 e. The van der Waals surface area contributed by atoms with E-state index in [4.69, 9.17) is 4.74 Å². The molecule has 38 heavy (non-hydrogen) atoms. The molecule has 184 valence electrons. The number of hydrogen-bond donors (Lipinski definition) is 0. The summed E-state index contributed by atoms with van der Waals surface area (Å²) in [7, 11) is 0. The molecule has 0 saturated carbocycles. The first-order chi connectivity index (χ1) is 18.9. The Hall–Kier alpha value is -4.20. The van der Waals surface area contributed by atoms with Crippen molar-refractivity contribution in [1.29, 1.82) is 0 Å². The predicted molar refractivity (Wildman–Crippen MR) is 159 cm³/mol. The Labute approximate surface area is 224 Å². The minimum atomic E-state index is 0.121. The van der Waals surface area contributed by atoms with Crippen molar-refractivity contribution in [2.45, 2.75) is 24.9 Å². The van der Waals surface area contributed by atoms with Crippen molar-refractivity contribution in [3.8, 4) is 22.3 Å². The highest BCUT2D eigenvalue weighted by Gasteiger charge is 2.27. The van der Waals surface area contributed by atoms with E-state index in [9.17, 15) is 0 Å². The summed E-state index contributed by atoms with van der Waals surface area (Å²) in [6.45, 7) is 0.744. The Balaban J connectivity index is 1.19. The fraction of sp³-hybridized carbons (Fsp3) is 0.135. The molecule has 0 aromatic heterocycles. The van der Waals surface area contributed by atoms with Crippen LogP contribution in [0.1, 0.15) is 36.0 Å². The van der Waals surface area contributed by atoms with Crippen LogP contribution in [0.4, 0.5) is 0 Å². The lowest BCUT2D eigenvalue weighted by Gasteiger charge is -2.31. The quantitative estimate of drug-likeness (QED) is 0.239. The van der Waals surface area contributed by atoms with Gasteiger partial charge in [0.05, 0.1) is 12.7 Å². The second kappa shape index (κ2) is 9.93. The molecule has 6 aromatic rings. The summed E-state index contributed by atoms with van der Waals surface area (Å²) in [5, 5.41) is 5.26. The molecule has 0 bridgehead atoms. The maximum atomic E-state index is 6.65. The van der Waals surface area contributed by atoms with Gasteiger partial charge in [-0.15, -0.1) is 0 Å². The Kier molecular flexibility index (Phi) is 6.00. The number of rotatable bonds is 4. The Morgan fingerprint density at radius 1 is 0.421 bits per heavy atom. The molecule has 1 heteroatoms. The molecular formula is C37H30O. The van der Waals surface area contributed by atoms with Gasteiger partial charge in [-0.25, -0.2) is 0 Å². The second-order valence-electron chi connectivity index (χ2n) is 10.3. The van der Waals surface area contributed by atoms with E-state index in [2.05, 4.69) is 133 Å². The minimum Gasteiger partial charge on any atom is -0.373 e. The summed E-state index contributed by atoms with van der Waals surface area (Å²) in [4.78, 5) is 0. The van der Waals surface area contributed by atoms with Gasteiger partial charge >= 0.3 is 0 Å². The van der Waals surface area contributed by atoms with Gasteiger partial charge in [0.1, 0.15) is 0 Å². The van der Waals surface area contributed by atoms with Crippen molar-refractivity contribution in [1.82, 2.24) is 0 Å². The van der Waals surface area contributed by atoms with E-state index >= 15 is 0 Å². The minimum absolute atomic E-state index is 0.121. The third-order valence-electron chi connectivity index (χ3n) is 8.15. The van der Waals surface area contributed by atoms with Gasteiger partial charge in [-0.2, -0.15) is 0 Å². The van der Waals surface area contributed by atoms with Gasteiger partial charge in [-0.1, -0.05) is 133 Å². The second-order valence-corrected chi connectivity index (χ2v) is 10.3. The number of fused-ring (bicyclic) bond motifs is 2. The van der Waals surface area contributed by atoms with E-state index in [1.807, 2.05) is 0 Å². The van der Waals surface area contributed by atoms with Crippen LogP contribution in [0.2, 0.25) is 0 Å². The van der Waals surface area contributed by atoms with E-state index < -0.39 is 0 Å². The molecule has 1 aliphatic rings. The molecule has 1 saturated heterocycles. The average molecular weight is 491 g/mol. The van der Waals surface area contributed by atoms with Crippen molar-refractivity contribution in [3.63, 3.8) is 0 Å². The number of ether oxygens (including phenoxy) is 1. The van der Waals surface area contributed by atoms with Crippen LogP contribution in [-0.2, 0) is 4.74 Å². The normalized spacial score (nSPS) is 17.6. The first-order valence-corrected chi connectivity index (χ1v) is 13.6. The summed E-state index contributed by atoms with van der Waals surface area (Å²) < 4.78 is 6.65. The molecular weight excluding hydrogens is 460 g/mol. The highest BCUT2D eigenvalue weighted by Crippen LogP contribution is 2.42. The van der Waals surface area contributed by atoms with Crippen molar-refractivity contribution in [3.05, 3.63) is 145 Å². The first kappa shape index (κ1) is 23.0. The van der Waals surface area contributed by atoms with Crippen LogP contribution >= 0.6 is 0 Å². The molecule has 0 amide bonds. The van der Waals surface area contributed by atoms with Crippen molar-refractivity contribution in [2.75, 3.05) is 6.61 Å². The Bertz CT molecular complexity index is 1580. The largest absolute Gasteiger partial charge is 0.373 e. The first-order valence-electron chi connectivity index (χ1n) is 13.6. The Morgan fingerprint density at radius 2 is 0.895 bits per heavy atom. The lowest BCUT2D eigenvalue weighted by atomic mass is 9.84. The van der Waals surface area contributed by atoms with Crippen LogP contribution in [0.25, 0.3) is 43.8 Å². The van der Waals surface area contributed by atoms with E-state index in [0.717, 1.165) is 19.4 Å². The zero-order valence-electron chi connectivity index (χ0n) is 21.4. The molecule has 1 heterocycles. The molecule has 2 atom stereocenters. The van der Waals surface area contributed by atoms with Gasteiger partial charge in [0.15, 0.2) is 0 Å². The molecule has 0 spiro atoms. The van der Waals surface area contributed by atoms with Gasteiger partial charge in [-0.05, 0) is 67.8 Å². The lowest BCUT2D eigenvalue weighted by molar-refractivity contribution is 0.00350. The highest BCUT2D eigenvalue weighted by molar-refractivity contribution is 5.99. The Morgan fingerprint density at radius 3 is 1.42 bits per heavy atom. The summed E-state index contributed by atoms with van der Waals surface area (Å²) in [5.41, 5.74) is 7.81. The zero-order valence-corrected chi connectivity index (χ0v) is 21.4. The molecule has 1 aliphatic heterocycles. The maximum Gasteiger partial charge on any atom is 0.0831 e. The fourth-order valence-corrected chi connectivity index (χ4v) is 6.26. The molecule has 1 fully saturated rings. The number of benzene rings is 6. The maximum absolute atomic E-state index is 6.65. The van der Waals surface area contributed by atoms with Gasteiger partial charge < -0.3 is 4.74 Å². The van der Waals surface area contributed by atoms with Gasteiger partial charge in [-0.3, -0.25) is 0 Å². The van der Waals surface area contributed by atoms with Gasteiger partial charge in [0.2, 0.25) is 0 Å². The van der Waals surface area contributed by atoms with Crippen LogP contribution in [-0.4, -0.2) is 6.61 Å². The predicted octanol–water partition coefficient (Wildman–Crippen LogP) is 9.96. The topological polar surface area (TPSA) is 9.23 Å². The molecule has 7 rings (SSSR count). The summed E-state index contributed by atoms with van der Waals surface area (Å²) in [6, 6.07) is 48.2. The molecule has 0 radical (unpaired) electrons. The monoisotopic (exact) mass is 490 g/mol. The SMILES string of the molecule is c1ccc(-c2ccc(C3CCC(c4ccc(-c5ccccc5)c5ccccc45)OC3)c3ccccc23)cc1. The van der Waals surface area contributed by atoms with Gasteiger partial charge in [0, 0.05) is 5.92 Å². The van der Waals surface area contributed by atoms with Crippen LogP contribution in [0.5, 0.6) is 0 Å². The van der Waals surface area contributed by atoms with Gasteiger partial charge in [0.25, 0.3) is 0 Å². The average Bonchev–Trinajstić information content (AvgIpc) is 3.01. The summed E-state index contributed by atoms with van der Waals surface area (Å²) >= 11 is 0. The van der Waals surface area contributed by atoms with Crippen LogP contribution in [0, 0.1) is 0 Å². The van der Waals surface area contributed by atoms with E-state index in [-0.39, 0.29) is 6.10 Å². The fourth-order valence-electron chi connectivity index (χ4n) is 6.26. The molecule has 6 aromatic carbocycles. The van der Waals surface area contributed by atoms with Crippen molar-refractivity contribution < 1.29 is 4.74 Å². The summed E-state index contributed by atoms with van der Waals surface area (Å²) in [6.07, 6.45) is 2.26. The zero-order chi connectivity index (χ0) is 25.3. The third-order valence-corrected chi connectivity index (χ3v) is 8.15. The molecule has 1 nitrogen and oxygen atoms in total. The highest BCUT2D eigenvalue weighted by atomic mass is 16.5. The summed E-state index contributed by atoms with van der Waals surface area (Å²) in [5.74, 6) is 0.399. The van der Waals surface area contributed by atoms with Crippen molar-refractivity contribution in [2.24, 2.45) is 0 Å². The van der Waals surface area contributed by atoms with Crippen molar-refractivity contribution >= 4 is 21.5 Å². The van der Waals surface area contributed by atoms with E-state index in [1.165, 1.54) is 54.9 Å². The van der Waals surface area contributed by atoms with Crippen LogP contribution in [0.3, 0.4) is 0 Å². The van der Waals surface area contributed by atoms with E-state index in [1.54, 1.807) is 0 Å².